The molecule has 0 atom stereocenters. The summed E-state index contributed by atoms with van der Waals surface area (Å²) in [6.45, 7) is 3.73. The lowest BCUT2D eigenvalue weighted by molar-refractivity contribution is -0.141. The smallest absolute Gasteiger partial charge is 0.274 e. The van der Waals surface area contributed by atoms with E-state index in [9.17, 15) is 13.2 Å². The maximum absolute atomic E-state index is 13.5. The fourth-order valence-corrected chi connectivity index (χ4v) is 3.74. The fourth-order valence-electron chi connectivity index (χ4n) is 2.85. The van der Waals surface area contributed by atoms with E-state index in [2.05, 4.69) is 25.1 Å². The minimum Gasteiger partial charge on any atom is -0.274 e. The normalized spacial score (nSPS) is 11.6. The molecule has 6 nitrogen and oxygen atoms in total. The monoisotopic (exact) mass is 428 g/mol. The van der Waals surface area contributed by atoms with Gasteiger partial charge < -0.3 is 0 Å². The fraction of sp³-hybridized carbons (Fsp3) is 0.150. The summed E-state index contributed by atoms with van der Waals surface area (Å²) < 4.78 is 42.2. The van der Waals surface area contributed by atoms with Crippen molar-refractivity contribution in [1.29, 1.82) is 0 Å². The number of aryl methyl sites for hydroxylation is 2. The third-order valence-electron chi connectivity index (χ3n) is 4.28. The lowest BCUT2D eigenvalue weighted by atomic mass is 10.2. The van der Waals surface area contributed by atoms with Gasteiger partial charge in [-0.3, -0.25) is 9.55 Å². The number of nitrogens with zero attached hydrogens (tertiary/aromatic N) is 6. The average Bonchev–Trinajstić information content (AvgIpc) is 3.08. The predicted octanol–water partition coefficient (Wildman–Crippen LogP) is 4.91. The van der Waals surface area contributed by atoms with Crippen LogP contribution in [0.2, 0.25) is 0 Å². The van der Waals surface area contributed by atoms with Crippen LogP contribution in [0.1, 0.15) is 17.1 Å². The first kappa shape index (κ1) is 20.0. The molecular formula is C20H15F3N6S. The number of aromatic nitrogens is 6. The molecule has 3 heterocycles. The van der Waals surface area contributed by atoms with Crippen LogP contribution < -0.4 is 0 Å². The molecule has 3 aromatic heterocycles. The molecule has 0 aliphatic heterocycles. The minimum absolute atomic E-state index is 0.0339. The number of pyridine rings is 1. The molecule has 4 rings (SSSR count). The van der Waals surface area contributed by atoms with Gasteiger partial charge in [-0.05, 0) is 49.4 Å². The highest BCUT2D eigenvalue weighted by Gasteiger charge is 2.34. The van der Waals surface area contributed by atoms with Gasteiger partial charge in [-0.2, -0.15) is 13.2 Å². The van der Waals surface area contributed by atoms with Gasteiger partial charge >= 0.3 is 6.18 Å². The number of halogens is 3. The van der Waals surface area contributed by atoms with E-state index in [1.54, 1.807) is 23.6 Å². The van der Waals surface area contributed by atoms with Crippen molar-refractivity contribution in [3.63, 3.8) is 0 Å². The van der Waals surface area contributed by atoms with Crippen LogP contribution >= 0.6 is 11.8 Å². The summed E-state index contributed by atoms with van der Waals surface area (Å²) in [4.78, 5) is 11.9. The third-order valence-corrected chi connectivity index (χ3v) is 5.14. The van der Waals surface area contributed by atoms with Crippen LogP contribution in [0, 0.1) is 13.8 Å². The van der Waals surface area contributed by atoms with E-state index < -0.39 is 11.9 Å². The molecule has 4 aromatic rings. The summed E-state index contributed by atoms with van der Waals surface area (Å²) in [6, 6.07) is 11.7. The lowest BCUT2D eigenvalue weighted by Gasteiger charge is -2.12. The topological polar surface area (TPSA) is 69.4 Å². The van der Waals surface area contributed by atoms with E-state index in [1.165, 1.54) is 12.4 Å². The Morgan fingerprint density at radius 2 is 1.67 bits per heavy atom. The first-order valence-corrected chi connectivity index (χ1v) is 9.67. The zero-order chi connectivity index (χ0) is 21.3. The third kappa shape index (κ3) is 4.04. The second kappa shape index (κ2) is 7.86. The highest BCUT2D eigenvalue weighted by molar-refractivity contribution is 7.99. The van der Waals surface area contributed by atoms with Gasteiger partial charge in [0.05, 0.1) is 5.69 Å². The van der Waals surface area contributed by atoms with Gasteiger partial charge in [0.1, 0.15) is 16.5 Å². The molecule has 0 bridgehead atoms. The van der Waals surface area contributed by atoms with Crippen molar-refractivity contribution in [1.82, 2.24) is 29.7 Å². The summed E-state index contributed by atoms with van der Waals surface area (Å²) in [5.41, 5.74) is 1.25. The van der Waals surface area contributed by atoms with Crippen LogP contribution in [0.15, 0.2) is 65.0 Å². The van der Waals surface area contributed by atoms with E-state index in [0.29, 0.717) is 16.5 Å². The van der Waals surface area contributed by atoms with Crippen molar-refractivity contribution in [3.05, 3.63) is 71.9 Å². The first-order valence-electron chi connectivity index (χ1n) is 8.85. The number of rotatable bonds is 4. The van der Waals surface area contributed by atoms with Gasteiger partial charge in [0.15, 0.2) is 5.82 Å². The standard InChI is InChI=1S/C20H15F3N6S/c1-12-5-3-4-6-15(12)29-13(2)27-28-19(29)30-17-11-16(20(21,22)23)25-18(26-17)14-7-9-24-10-8-14/h3-11H,1-2H3. The Labute approximate surface area is 174 Å². The first-order chi connectivity index (χ1) is 14.3. The van der Waals surface area contributed by atoms with E-state index >= 15 is 0 Å². The predicted molar refractivity (Wildman–Crippen MR) is 105 cm³/mol. The van der Waals surface area contributed by atoms with Gasteiger partial charge in [0.2, 0.25) is 5.16 Å². The molecule has 0 spiro atoms. The molecule has 0 fully saturated rings. The highest BCUT2D eigenvalue weighted by Crippen LogP contribution is 2.34. The van der Waals surface area contributed by atoms with Crippen molar-refractivity contribution in [2.75, 3.05) is 0 Å². The van der Waals surface area contributed by atoms with E-state index in [-0.39, 0.29) is 10.9 Å². The largest absolute Gasteiger partial charge is 0.433 e. The van der Waals surface area contributed by atoms with Crippen molar-refractivity contribution in [2.45, 2.75) is 30.2 Å². The Kier molecular flexibility index (Phi) is 5.25. The molecule has 0 aliphatic carbocycles. The molecule has 1 aromatic carbocycles. The van der Waals surface area contributed by atoms with Crippen LogP contribution in [0.25, 0.3) is 17.1 Å². The number of alkyl halides is 3. The molecule has 30 heavy (non-hydrogen) atoms. The van der Waals surface area contributed by atoms with Crippen LogP contribution in [0.3, 0.4) is 0 Å². The van der Waals surface area contributed by atoms with Crippen molar-refractivity contribution < 1.29 is 13.2 Å². The summed E-state index contributed by atoms with van der Waals surface area (Å²) in [7, 11) is 0. The molecule has 0 N–H and O–H groups in total. The van der Waals surface area contributed by atoms with Crippen molar-refractivity contribution in [2.24, 2.45) is 0 Å². The Morgan fingerprint density at radius 1 is 0.933 bits per heavy atom. The molecule has 10 heteroatoms. The molecule has 0 radical (unpaired) electrons. The minimum atomic E-state index is -4.61. The maximum atomic E-state index is 13.5. The van der Waals surface area contributed by atoms with Crippen molar-refractivity contribution >= 4 is 11.8 Å². The van der Waals surface area contributed by atoms with E-state index in [0.717, 1.165) is 29.1 Å². The van der Waals surface area contributed by atoms with E-state index in [4.69, 9.17) is 0 Å². The zero-order valence-electron chi connectivity index (χ0n) is 15.9. The average molecular weight is 428 g/mol. The molecule has 0 amide bonds. The van der Waals surface area contributed by atoms with Crippen LogP contribution in [-0.4, -0.2) is 29.7 Å². The van der Waals surface area contributed by atoms with Crippen LogP contribution in [0.4, 0.5) is 13.2 Å². The molecular weight excluding hydrogens is 413 g/mol. The molecule has 0 saturated heterocycles. The van der Waals surface area contributed by atoms with Gasteiger partial charge in [-0.1, -0.05) is 18.2 Å². The van der Waals surface area contributed by atoms with Crippen molar-refractivity contribution in [3.8, 4) is 17.1 Å². The molecule has 0 saturated carbocycles. The number of hydrogen-bond acceptors (Lipinski definition) is 6. The van der Waals surface area contributed by atoms with Crippen LogP contribution in [-0.2, 0) is 6.18 Å². The second-order valence-electron chi connectivity index (χ2n) is 6.40. The Bertz CT molecular complexity index is 1190. The maximum Gasteiger partial charge on any atom is 0.433 e. The quantitative estimate of drug-likeness (QED) is 0.431. The Balaban J connectivity index is 1.80. The van der Waals surface area contributed by atoms with Gasteiger partial charge in [0.25, 0.3) is 0 Å². The summed E-state index contributed by atoms with van der Waals surface area (Å²) in [5, 5.41) is 8.78. The number of benzene rings is 1. The SMILES string of the molecule is Cc1ccccc1-n1c(C)nnc1Sc1cc(C(F)(F)F)nc(-c2ccncc2)n1. The molecule has 152 valence electrons. The molecule has 0 unspecified atom stereocenters. The Morgan fingerprint density at radius 3 is 2.37 bits per heavy atom. The Hall–Kier alpha value is -3.27. The van der Waals surface area contributed by atoms with Crippen LogP contribution in [0.5, 0.6) is 0 Å². The summed E-state index contributed by atoms with van der Waals surface area (Å²) in [6.07, 6.45) is -1.66. The summed E-state index contributed by atoms with van der Waals surface area (Å²) >= 11 is 1.00. The molecule has 0 aliphatic rings. The lowest BCUT2D eigenvalue weighted by Crippen LogP contribution is -2.10. The van der Waals surface area contributed by atoms with Gasteiger partial charge in [-0.25, -0.2) is 9.97 Å². The number of para-hydroxylation sites is 1. The second-order valence-corrected chi connectivity index (χ2v) is 7.39. The summed E-state index contributed by atoms with van der Waals surface area (Å²) in [5.74, 6) is 0.583. The van der Waals surface area contributed by atoms with Gasteiger partial charge in [-0.15, -0.1) is 10.2 Å². The number of hydrogen-bond donors (Lipinski definition) is 0. The highest BCUT2D eigenvalue weighted by atomic mass is 32.2. The zero-order valence-corrected chi connectivity index (χ0v) is 16.7. The van der Waals surface area contributed by atoms with E-state index in [1.807, 2.05) is 31.2 Å². The van der Waals surface area contributed by atoms with Gasteiger partial charge in [0, 0.05) is 24.0 Å².